The minimum Gasteiger partial charge on any atom is -0.392 e. The first-order chi connectivity index (χ1) is 9.06. The number of thioether (sulfide) groups is 1. The molecular formula is C12H12ClN3S3. The van der Waals surface area contributed by atoms with Gasteiger partial charge in [0, 0.05) is 22.2 Å². The summed E-state index contributed by atoms with van der Waals surface area (Å²) in [7, 11) is 0. The molecule has 3 rings (SSSR count). The summed E-state index contributed by atoms with van der Waals surface area (Å²) in [5, 5.41) is 1.53. The maximum atomic E-state index is 6.10. The normalized spacial score (nSPS) is 21.3. The van der Waals surface area contributed by atoms with Gasteiger partial charge in [-0.05, 0) is 30.4 Å². The third-order valence-corrected chi connectivity index (χ3v) is 5.26. The van der Waals surface area contributed by atoms with Crippen molar-refractivity contribution >= 4 is 63.6 Å². The first kappa shape index (κ1) is 13.4. The van der Waals surface area contributed by atoms with Crippen molar-refractivity contribution in [1.82, 2.24) is 4.90 Å². The van der Waals surface area contributed by atoms with E-state index in [0.29, 0.717) is 17.6 Å². The Kier molecular flexibility index (Phi) is 3.59. The minimum atomic E-state index is 0.373. The van der Waals surface area contributed by atoms with Crippen LogP contribution in [0.15, 0.2) is 23.1 Å². The van der Waals surface area contributed by atoms with Gasteiger partial charge in [-0.1, -0.05) is 23.8 Å². The van der Waals surface area contributed by atoms with Gasteiger partial charge in [0.25, 0.3) is 0 Å². The van der Waals surface area contributed by atoms with E-state index in [4.69, 9.17) is 41.8 Å². The molecule has 19 heavy (non-hydrogen) atoms. The lowest BCUT2D eigenvalue weighted by Gasteiger charge is -2.31. The number of halogens is 1. The van der Waals surface area contributed by atoms with Crippen LogP contribution in [-0.4, -0.2) is 39.9 Å². The van der Waals surface area contributed by atoms with Crippen molar-refractivity contribution in [2.45, 2.75) is 10.9 Å². The molecule has 0 spiro atoms. The summed E-state index contributed by atoms with van der Waals surface area (Å²) in [6.07, 6.45) is 0. The van der Waals surface area contributed by atoms with Crippen LogP contribution in [0.1, 0.15) is 0 Å². The molecule has 0 aliphatic carbocycles. The molecule has 7 heteroatoms. The number of nitrogens with two attached hydrogens (primary N) is 1. The molecule has 1 atom stereocenters. The molecule has 1 unspecified atom stereocenters. The zero-order valence-electron chi connectivity index (χ0n) is 10.0. The second-order valence-electron chi connectivity index (χ2n) is 4.58. The highest BCUT2D eigenvalue weighted by Crippen LogP contribution is 2.41. The standard InChI is InChI=1S/C12H12ClN3S3/c13-7-1-2-10-9(3-7)16-8(6-19-10)4-15(12(16)18)5-11(14)17/h1-3,8H,4-6H2,(H2,14,17). The number of fused-ring (bicyclic) bond motifs is 3. The Morgan fingerprint density at radius 2 is 2.32 bits per heavy atom. The van der Waals surface area contributed by atoms with E-state index < -0.39 is 0 Å². The zero-order valence-corrected chi connectivity index (χ0v) is 13.2. The largest absolute Gasteiger partial charge is 0.392 e. The summed E-state index contributed by atoms with van der Waals surface area (Å²) in [6.45, 7) is 1.41. The topological polar surface area (TPSA) is 32.5 Å². The van der Waals surface area contributed by atoms with Gasteiger partial charge >= 0.3 is 0 Å². The molecule has 0 bridgehead atoms. The highest BCUT2D eigenvalue weighted by Gasteiger charge is 2.39. The van der Waals surface area contributed by atoms with Gasteiger partial charge in [0.1, 0.15) is 0 Å². The average molecular weight is 330 g/mol. The van der Waals surface area contributed by atoms with Crippen LogP contribution in [0.5, 0.6) is 0 Å². The summed E-state index contributed by atoms with van der Waals surface area (Å²) < 4.78 is 0. The van der Waals surface area contributed by atoms with Crippen LogP contribution >= 0.6 is 47.8 Å². The third kappa shape index (κ3) is 2.42. The Bertz CT molecular complexity index is 563. The van der Waals surface area contributed by atoms with E-state index in [1.54, 1.807) is 0 Å². The highest BCUT2D eigenvalue weighted by molar-refractivity contribution is 7.99. The molecule has 0 saturated carbocycles. The molecule has 0 aromatic heterocycles. The predicted molar refractivity (Wildman–Crippen MR) is 89.4 cm³/mol. The van der Waals surface area contributed by atoms with Gasteiger partial charge < -0.3 is 15.5 Å². The fourth-order valence-electron chi connectivity index (χ4n) is 2.46. The van der Waals surface area contributed by atoms with Gasteiger partial charge in [0.2, 0.25) is 0 Å². The monoisotopic (exact) mass is 329 g/mol. The Morgan fingerprint density at radius 1 is 1.53 bits per heavy atom. The smallest absolute Gasteiger partial charge is 0.176 e. The Morgan fingerprint density at radius 3 is 3.05 bits per heavy atom. The SMILES string of the molecule is NC(=S)CN1CC2CSc3ccc(Cl)cc3N2C1=S. The molecule has 100 valence electrons. The van der Waals surface area contributed by atoms with Gasteiger partial charge in [-0.3, -0.25) is 0 Å². The molecule has 0 radical (unpaired) electrons. The lowest BCUT2D eigenvalue weighted by Crippen LogP contribution is -2.39. The number of nitrogens with zero attached hydrogens (tertiary/aromatic N) is 2. The summed E-state index contributed by atoms with van der Waals surface area (Å²) in [5.41, 5.74) is 6.73. The summed E-state index contributed by atoms with van der Waals surface area (Å²) >= 11 is 18.5. The van der Waals surface area contributed by atoms with Crippen LogP contribution in [0.25, 0.3) is 0 Å². The predicted octanol–water partition coefficient (Wildman–Crippen LogP) is 2.51. The van der Waals surface area contributed by atoms with Gasteiger partial charge in [-0.2, -0.15) is 0 Å². The number of benzene rings is 1. The third-order valence-electron chi connectivity index (χ3n) is 3.23. The molecule has 1 saturated heterocycles. The number of hydrogen-bond acceptors (Lipinski definition) is 3. The molecule has 1 aromatic rings. The van der Waals surface area contributed by atoms with E-state index >= 15 is 0 Å². The second kappa shape index (κ2) is 5.09. The zero-order chi connectivity index (χ0) is 13.6. The maximum absolute atomic E-state index is 6.10. The molecule has 1 fully saturated rings. The lowest BCUT2D eigenvalue weighted by atomic mass is 10.2. The molecular weight excluding hydrogens is 318 g/mol. The Hall–Kier alpha value is -0.560. The number of thiocarbonyl (C=S) groups is 2. The first-order valence-corrected chi connectivity index (χ1v) is 8.03. The van der Waals surface area contributed by atoms with E-state index in [-0.39, 0.29) is 0 Å². The van der Waals surface area contributed by atoms with Crippen molar-refractivity contribution in [3.63, 3.8) is 0 Å². The van der Waals surface area contributed by atoms with Crippen LogP contribution in [0.3, 0.4) is 0 Å². The fraction of sp³-hybridized carbons (Fsp3) is 0.333. The molecule has 0 amide bonds. The van der Waals surface area contributed by atoms with Crippen LogP contribution in [0, 0.1) is 0 Å². The van der Waals surface area contributed by atoms with E-state index in [0.717, 1.165) is 28.1 Å². The second-order valence-corrected chi connectivity index (χ2v) is 6.96. The van der Waals surface area contributed by atoms with Gasteiger partial charge in [0.05, 0.1) is 23.3 Å². The van der Waals surface area contributed by atoms with Crippen molar-refractivity contribution in [3.8, 4) is 0 Å². The van der Waals surface area contributed by atoms with E-state index in [9.17, 15) is 0 Å². The quantitative estimate of drug-likeness (QED) is 0.839. The lowest BCUT2D eigenvalue weighted by molar-refractivity contribution is 0.503. The minimum absolute atomic E-state index is 0.373. The van der Waals surface area contributed by atoms with Gasteiger partial charge in [-0.25, -0.2) is 0 Å². The fourth-order valence-corrected chi connectivity index (χ4v) is 4.26. The maximum Gasteiger partial charge on any atom is 0.176 e. The van der Waals surface area contributed by atoms with Crippen molar-refractivity contribution in [3.05, 3.63) is 23.2 Å². The number of hydrogen-bond donors (Lipinski definition) is 1. The Labute approximate surface area is 132 Å². The van der Waals surface area contributed by atoms with Crippen molar-refractivity contribution < 1.29 is 0 Å². The van der Waals surface area contributed by atoms with Crippen LogP contribution in [-0.2, 0) is 0 Å². The van der Waals surface area contributed by atoms with Crippen LogP contribution in [0.4, 0.5) is 5.69 Å². The van der Waals surface area contributed by atoms with Crippen LogP contribution < -0.4 is 10.6 Å². The van der Waals surface area contributed by atoms with Crippen LogP contribution in [0.2, 0.25) is 5.02 Å². The number of anilines is 1. The molecule has 3 nitrogen and oxygen atoms in total. The van der Waals surface area contributed by atoms with E-state index in [1.165, 1.54) is 4.90 Å². The van der Waals surface area contributed by atoms with Crippen molar-refractivity contribution in [2.24, 2.45) is 5.73 Å². The number of rotatable bonds is 2. The first-order valence-electron chi connectivity index (χ1n) is 5.85. The molecule has 2 aliphatic rings. The van der Waals surface area contributed by atoms with Gasteiger partial charge in [-0.15, -0.1) is 11.8 Å². The van der Waals surface area contributed by atoms with Gasteiger partial charge in [0.15, 0.2) is 5.11 Å². The Balaban J connectivity index is 1.95. The highest BCUT2D eigenvalue weighted by atomic mass is 35.5. The summed E-state index contributed by atoms with van der Waals surface area (Å²) in [4.78, 5) is 5.95. The molecule has 2 aliphatic heterocycles. The van der Waals surface area contributed by atoms with E-state index in [2.05, 4.69) is 15.9 Å². The van der Waals surface area contributed by atoms with E-state index in [1.807, 2.05) is 23.9 Å². The summed E-state index contributed by atoms with van der Waals surface area (Å²) in [6, 6.07) is 6.32. The van der Waals surface area contributed by atoms with Crippen molar-refractivity contribution in [1.29, 1.82) is 0 Å². The molecule has 1 aromatic carbocycles. The molecule has 2 heterocycles. The van der Waals surface area contributed by atoms with Crippen molar-refractivity contribution in [2.75, 3.05) is 23.7 Å². The average Bonchev–Trinajstić information content (AvgIpc) is 2.66. The summed E-state index contributed by atoms with van der Waals surface area (Å²) in [5.74, 6) is 1.02. The molecule has 2 N–H and O–H groups in total.